The normalized spacial score (nSPS) is 12.2. The van der Waals surface area contributed by atoms with Crippen LogP contribution in [0.15, 0.2) is 29.2 Å². The SMILES string of the molecule is CCC[C@H](C)NC(=O)c1cn(CC)c2ccc(OC)cc2c1=O. The number of carbonyl (C=O) groups excluding carboxylic acids is 1. The smallest absolute Gasteiger partial charge is 0.256 e. The predicted molar refractivity (Wildman–Crippen MR) is 92.3 cm³/mol. The number of carbonyl (C=O) groups is 1. The van der Waals surface area contributed by atoms with E-state index in [1.54, 1.807) is 19.4 Å². The molecule has 2 rings (SSSR count). The molecule has 0 aliphatic rings. The van der Waals surface area contributed by atoms with E-state index in [2.05, 4.69) is 12.2 Å². The fourth-order valence-electron chi connectivity index (χ4n) is 2.73. The van der Waals surface area contributed by atoms with Gasteiger partial charge in [-0.3, -0.25) is 9.59 Å². The van der Waals surface area contributed by atoms with Gasteiger partial charge in [0, 0.05) is 18.8 Å². The summed E-state index contributed by atoms with van der Waals surface area (Å²) < 4.78 is 7.11. The van der Waals surface area contributed by atoms with E-state index in [9.17, 15) is 9.59 Å². The molecule has 1 aromatic carbocycles. The van der Waals surface area contributed by atoms with Crippen molar-refractivity contribution in [1.29, 1.82) is 0 Å². The Hall–Kier alpha value is -2.30. The number of pyridine rings is 1. The highest BCUT2D eigenvalue weighted by molar-refractivity contribution is 5.97. The first-order chi connectivity index (χ1) is 11.0. The van der Waals surface area contributed by atoms with Crippen molar-refractivity contribution in [3.05, 3.63) is 40.2 Å². The van der Waals surface area contributed by atoms with Gasteiger partial charge in [0.2, 0.25) is 5.43 Å². The summed E-state index contributed by atoms with van der Waals surface area (Å²) in [6.45, 7) is 6.67. The third kappa shape index (κ3) is 3.55. The Balaban J connectivity index is 2.54. The second-order valence-electron chi connectivity index (χ2n) is 5.70. The molecule has 0 fully saturated rings. The summed E-state index contributed by atoms with van der Waals surface area (Å²) in [5.74, 6) is 0.289. The lowest BCUT2D eigenvalue weighted by Gasteiger charge is -2.15. The van der Waals surface area contributed by atoms with Crippen LogP contribution in [0.5, 0.6) is 5.75 Å². The van der Waals surface area contributed by atoms with E-state index in [1.807, 2.05) is 30.5 Å². The number of nitrogens with one attached hydrogen (secondary N) is 1. The van der Waals surface area contributed by atoms with Crippen LogP contribution in [0.25, 0.3) is 10.9 Å². The van der Waals surface area contributed by atoms with Gasteiger partial charge < -0.3 is 14.6 Å². The number of aryl methyl sites for hydroxylation is 1. The summed E-state index contributed by atoms with van der Waals surface area (Å²) in [6.07, 6.45) is 3.51. The summed E-state index contributed by atoms with van der Waals surface area (Å²) in [6, 6.07) is 5.40. The minimum absolute atomic E-state index is 0.0444. The molecule has 1 heterocycles. The Kier molecular flexibility index (Phi) is 5.42. The van der Waals surface area contributed by atoms with Crippen molar-refractivity contribution in [3.63, 3.8) is 0 Å². The third-order valence-electron chi connectivity index (χ3n) is 3.97. The lowest BCUT2D eigenvalue weighted by Crippen LogP contribution is -2.35. The van der Waals surface area contributed by atoms with Crippen molar-refractivity contribution in [2.75, 3.05) is 7.11 Å². The van der Waals surface area contributed by atoms with Gasteiger partial charge in [-0.05, 0) is 38.5 Å². The largest absolute Gasteiger partial charge is 0.497 e. The molecule has 0 unspecified atom stereocenters. The van der Waals surface area contributed by atoms with Crippen LogP contribution >= 0.6 is 0 Å². The van der Waals surface area contributed by atoms with Gasteiger partial charge in [0.15, 0.2) is 0 Å². The number of ether oxygens (including phenoxy) is 1. The Morgan fingerprint density at radius 3 is 2.70 bits per heavy atom. The highest BCUT2D eigenvalue weighted by atomic mass is 16.5. The number of hydrogen-bond acceptors (Lipinski definition) is 3. The molecule has 1 atom stereocenters. The van der Waals surface area contributed by atoms with Crippen LogP contribution in [0, 0.1) is 0 Å². The van der Waals surface area contributed by atoms with Gasteiger partial charge in [-0.25, -0.2) is 0 Å². The first-order valence-electron chi connectivity index (χ1n) is 8.03. The molecule has 0 spiro atoms. The molecule has 0 saturated carbocycles. The molecule has 1 aromatic heterocycles. The molecule has 0 bridgehead atoms. The van der Waals surface area contributed by atoms with Crippen LogP contribution < -0.4 is 15.5 Å². The topological polar surface area (TPSA) is 60.3 Å². The third-order valence-corrected chi connectivity index (χ3v) is 3.97. The average Bonchev–Trinajstić information content (AvgIpc) is 2.55. The van der Waals surface area contributed by atoms with Crippen LogP contribution in [-0.4, -0.2) is 23.6 Å². The summed E-state index contributed by atoms with van der Waals surface area (Å²) in [5.41, 5.74) is 0.719. The number of rotatable bonds is 6. The van der Waals surface area contributed by atoms with Crippen LogP contribution in [-0.2, 0) is 6.54 Å². The highest BCUT2D eigenvalue weighted by Crippen LogP contribution is 2.19. The number of benzene rings is 1. The Morgan fingerprint density at radius 1 is 1.35 bits per heavy atom. The van der Waals surface area contributed by atoms with Crippen molar-refractivity contribution in [3.8, 4) is 5.75 Å². The maximum absolute atomic E-state index is 12.7. The zero-order chi connectivity index (χ0) is 17.0. The molecule has 1 N–H and O–H groups in total. The molecule has 1 amide bonds. The van der Waals surface area contributed by atoms with Gasteiger partial charge >= 0.3 is 0 Å². The summed E-state index contributed by atoms with van der Waals surface area (Å²) >= 11 is 0. The Bertz CT molecular complexity index is 765. The Morgan fingerprint density at radius 2 is 2.09 bits per heavy atom. The average molecular weight is 316 g/mol. The molecule has 0 saturated heterocycles. The lowest BCUT2D eigenvalue weighted by atomic mass is 10.1. The van der Waals surface area contributed by atoms with Crippen LogP contribution in [0.3, 0.4) is 0 Å². The van der Waals surface area contributed by atoms with E-state index in [4.69, 9.17) is 4.74 Å². The number of amides is 1. The van der Waals surface area contributed by atoms with Crippen molar-refractivity contribution >= 4 is 16.8 Å². The first kappa shape index (κ1) is 17.1. The second kappa shape index (κ2) is 7.31. The summed E-state index contributed by atoms with van der Waals surface area (Å²) in [4.78, 5) is 25.2. The van der Waals surface area contributed by atoms with Crippen molar-refractivity contribution < 1.29 is 9.53 Å². The molecular formula is C18H24N2O3. The van der Waals surface area contributed by atoms with Crippen LogP contribution in [0.4, 0.5) is 0 Å². The minimum Gasteiger partial charge on any atom is -0.497 e. The van der Waals surface area contributed by atoms with Gasteiger partial charge in [0.1, 0.15) is 11.3 Å². The lowest BCUT2D eigenvalue weighted by molar-refractivity contribution is 0.0936. The van der Waals surface area contributed by atoms with E-state index in [0.29, 0.717) is 17.7 Å². The van der Waals surface area contributed by atoms with Crippen molar-refractivity contribution in [2.24, 2.45) is 0 Å². The molecular weight excluding hydrogens is 292 g/mol. The van der Waals surface area contributed by atoms with Gasteiger partial charge in [-0.15, -0.1) is 0 Å². The van der Waals surface area contributed by atoms with Crippen LogP contribution in [0.2, 0.25) is 0 Å². The van der Waals surface area contributed by atoms with E-state index < -0.39 is 0 Å². The van der Waals surface area contributed by atoms with Crippen molar-refractivity contribution in [2.45, 2.75) is 46.2 Å². The number of hydrogen-bond donors (Lipinski definition) is 1. The zero-order valence-electron chi connectivity index (χ0n) is 14.2. The van der Waals surface area contributed by atoms with E-state index >= 15 is 0 Å². The van der Waals surface area contributed by atoms with Crippen LogP contribution in [0.1, 0.15) is 44.0 Å². The summed E-state index contributed by atoms with van der Waals surface area (Å²) in [5, 5.41) is 3.40. The molecule has 23 heavy (non-hydrogen) atoms. The Labute approximate surface area is 136 Å². The second-order valence-corrected chi connectivity index (χ2v) is 5.70. The zero-order valence-corrected chi connectivity index (χ0v) is 14.2. The number of methoxy groups -OCH3 is 1. The fourth-order valence-corrected chi connectivity index (χ4v) is 2.73. The van der Waals surface area contributed by atoms with Gasteiger partial charge in [-0.2, -0.15) is 0 Å². The molecule has 0 aliphatic heterocycles. The molecule has 0 radical (unpaired) electrons. The highest BCUT2D eigenvalue weighted by Gasteiger charge is 2.17. The first-order valence-corrected chi connectivity index (χ1v) is 8.03. The van der Waals surface area contributed by atoms with E-state index in [0.717, 1.165) is 18.4 Å². The standard InChI is InChI=1S/C18H24N2O3/c1-5-7-12(3)19-18(22)15-11-20(6-2)16-9-8-13(23-4)10-14(16)17(15)21/h8-12H,5-7H2,1-4H3,(H,19,22)/t12-/m0/s1. The predicted octanol–water partition coefficient (Wildman–Crippen LogP) is 2.95. The van der Waals surface area contributed by atoms with E-state index in [1.165, 1.54) is 0 Å². The molecule has 5 nitrogen and oxygen atoms in total. The fraction of sp³-hybridized carbons (Fsp3) is 0.444. The maximum atomic E-state index is 12.7. The van der Waals surface area contributed by atoms with Gasteiger partial charge in [-0.1, -0.05) is 13.3 Å². The minimum atomic E-state index is -0.317. The maximum Gasteiger partial charge on any atom is 0.256 e. The summed E-state index contributed by atoms with van der Waals surface area (Å²) in [7, 11) is 1.56. The number of aromatic nitrogens is 1. The van der Waals surface area contributed by atoms with Gasteiger partial charge in [0.25, 0.3) is 5.91 Å². The number of fused-ring (bicyclic) bond motifs is 1. The quantitative estimate of drug-likeness (QED) is 0.891. The molecule has 124 valence electrons. The molecule has 2 aromatic rings. The van der Waals surface area contributed by atoms with Crippen molar-refractivity contribution in [1.82, 2.24) is 9.88 Å². The molecule has 0 aliphatic carbocycles. The van der Waals surface area contributed by atoms with E-state index in [-0.39, 0.29) is 22.9 Å². The monoisotopic (exact) mass is 316 g/mol. The molecule has 5 heteroatoms. The number of nitrogens with zero attached hydrogens (tertiary/aromatic N) is 1. The van der Waals surface area contributed by atoms with Gasteiger partial charge in [0.05, 0.1) is 18.0 Å².